The number of halogens is 1. The van der Waals surface area contributed by atoms with Gasteiger partial charge in [-0.15, -0.1) is 0 Å². The third-order valence-electron chi connectivity index (χ3n) is 3.32. The summed E-state index contributed by atoms with van der Waals surface area (Å²) in [5.74, 6) is -0.249. The van der Waals surface area contributed by atoms with Gasteiger partial charge in [0.1, 0.15) is 5.56 Å². The second kappa shape index (κ2) is 10.4. The lowest BCUT2D eigenvalue weighted by atomic mass is 10.2. The third-order valence-corrected chi connectivity index (χ3v) is 3.32. The van der Waals surface area contributed by atoms with Gasteiger partial charge in [0.15, 0.2) is 12.4 Å². The van der Waals surface area contributed by atoms with E-state index in [-0.39, 0.29) is 30.8 Å². The minimum absolute atomic E-state index is 0. The van der Waals surface area contributed by atoms with E-state index in [1.54, 1.807) is 29.1 Å². The Morgan fingerprint density at radius 2 is 1.83 bits per heavy atom. The number of amides is 2. The van der Waals surface area contributed by atoms with Crippen LogP contribution in [0.25, 0.3) is 0 Å². The standard InChI is InChI=1S/C18H21N3O2.ClH/c1-2-3-11-19-18(23)15-8-7-12-21(13-15)14-17(22)20-16-9-5-4-6-10-16;/h4-10,12-13H,2-3,11,14H2,1H3,(H-,19,20,22,23);1H. The molecule has 0 atom stereocenters. The highest BCUT2D eigenvalue weighted by Gasteiger charge is 2.13. The summed E-state index contributed by atoms with van der Waals surface area (Å²) in [7, 11) is 0. The van der Waals surface area contributed by atoms with Gasteiger partial charge < -0.3 is 23.0 Å². The molecule has 0 aliphatic carbocycles. The number of aromatic nitrogens is 1. The molecule has 0 bridgehead atoms. The lowest BCUT2D eigenvalue weighted by Gasteiger charge is -2.04. The Morgan fingerprint density at radius 3 is 2.54 bits per heavy atom. The van der Waals surface area contributed by atoms with E-state index in [4.69, 9.17) is 0 Å². The smallest absolute Gasteiger partial charge is 0.290 e. The van der Waals surface area contributed by atoms with Crippen LogP contribution < -0.4 is 27.6 Å². The molecule has 0 aliphatic heterocycles. The molecule has 0 saturated carbocycles. The fraction of sp³-hybridized carbons (Fsp3) is 0.278. The number of carbonyl (C=O) groups excluding carboxylic acids is 2. The molecule has 0 radical (unpaired) electrons. The fourth-order valence-electron chi connectivity index (χ4n) is 2.12. The molecule has 5 nitrogen and oxygen atoms in total. The zero-order valence-corrected chi connectivity index (χ0v) is 14.4. The number of nitrogens with one attached hydrogen (secondary N) is 2. The van der Waals surface area contributed by atoms with Crippen molar-refractivity contribution in [1.82, 2.24) is 5.32 Å². The summed E-state index contributed by atoms with van der Waals surface area (Å²) in [5.41, 5.74) is 1.31. The van der Waals surface area contributed by atoms with Gasteiger partial charge in [-0.05, 0) is 24.6 Å². The van der Waals surface area contributed by atoms with Crippen LogP contribution in [0.2, 0.25) is 0 Å². The summed E-state index contributed by atoms with van der Waals surface area (Å²) >= 11 is 0. The summed E-state index contributed by atoms with van der Waals surface area (Å²) < 4.78 is 1.70. The molecule has 2 rings (SSSR count). The molecule has 0 saturated heterocycles. The van der Waals surface area contributed by atoms with Crippen molar-refractivity contribution in [3.05, 3.63) is 60.4 Å². The maximum absolute atomic E-state index is 12.0. The largest absolute Gasteiger partial charge is 1.00 e. The lowest BCUT2D eigenvalue weighted by molar-refractivity contribution is -0.684. The van der Waals surface area contributed by atoms with Gasteiger partial charge in [0, 0.05) is 18.3 Å². The summed E-state index contributed by atoms with van der Waals surface area (Å²) in [6, 6.07) is 12.8. The summed E-state index contributed by atoms with van der Waals surface area (Å²) in [5, 5.41) is 5.69. The predicted molar refractivity (Wildman–Crippen MR) is 88.9 cm³/mol. The zero-order chi connectivity index (χ0) is 16.5. The average molecular weight is 348 g/mol. The van der Waals surface area contributed by atoms with Crippen molar-refractivity contribution in [2.45, 2.75) is 26.3 Å². The number of para-hydroxylation sites is 1. The van der Waals surface area contributed by atoms with Crippen LogP contribution in [0.5, 0.6) is 0 Å². The Morgan fingerprint density at radius 1 is 1.08 bits per heavy atom. The Labute approximate surface area is 148 Å². The molecule has 2 N–H and O–H groups in total. The van der Waals surface area contributed by atoms with Crippen LogP contribution in [-0.4, -0.2) is 18.4 Å². The number of anilines is 1. The van der Waals surface area contributed by atoms with Crippen LogP contribution in [0.4, 0.5) is 5.69 Å². The molecule has 1 heterocycles. The maximum atomic E-state index is 12.0. The number of hydrogen-bond acceptors (Lipinski definition) is 2. The number of carbonyl (C=O) groups is 2. The van der Waals surface area contributed by atoms with Crippen LogP contribution in [0.15, 0.2) is 54.9 Å². The minimum Gasteiger partial charge on any atom is -1.00 e. The molecular weight excluding hydrogens is 326 g/mol. The molecule has 2 aromatic rings. The van der Waals surface area contributed by atoms with Crippen molar-refractivity contribution >= 4 is 17.5 Å². The Kier molecular flexibility index (Phi) is 8.50. The first-order valence-electron chi connectivity index (χ1n) is 7.81. The molecule has 128 valence electrons. The van der Waals surface area contributed by atoms with Crippen molar-refractivity contribution in [2.75, 3.05) is 11.9 Å². The molecule has 0 unspecified atom stereocenters. The van der Waals surface area contributed by atoms with Gasteiger partial charge in [-0.1, -0.05) is 31.5 Å². The number of hydrogen-bond donors (Lipinski definition) is 2. The molecule has 24 heavy (non-hydrogen) atoms. The van der Waals surface area contributed by atoms with Crippen LogP contribution in [0.1, 0.15) is 30.1 Å². The monoisotopic (exact) mass is 347 g/mol. The quantitative estimate of drug-likeness (QED) is 0.506. The molecule has 1 aromatic heterocycles. The van der Waals surface area contributed by atoms with Crippen molar-refractivity contribution in [3.63, 3.8) is 0 Å². The van der Waals surface area contributed by atoms with E-state index in [9.17, 15) is 9.59 Å². The highest BCUT2D eigenvalue weighted by atomic mass is 35.5. The highest BCUT2D eigenvalue weighted by Crippen LogP contribution is 2.04. The summed E-state index contributed by atoms with van der Waals surface area (Å²) in [6.07, 6.45) is 5.45. The average Bonchev–Trinajstić information content (AvgIpc) is 2.56. The van der Waals surface area contributed by atoms with E-state index in [1.807, 2.05) is 30.3 Å². The minimum atomic E-state index is -0.134. The van der Waals surface area contributed by atoms with Crippen molar-refractivity contribution in [2.24, 2.45) is 0 Å². The number of benzene rings is 1. The Bertz CT molecular complexity index is 662. The predicted octanol–water partition coefficient (Wildman–Crippen LogP) is -0.853. The van der Waals surface area contributed by atoms with Crippen LogP contribution in [0, 0.1) is 0 Å². The molecule has 2 amide bonds. The summed E-state index contributed by atoms with van der Waals surface area (Å²) in [6.45, 7) is 2.90. The fourth-order valence-corrected chi connectivity index (χ4v) is 2.12. The van der Waals surface area contributed by atoms with Gasteiger partial charge in [0.05, 0.1) is 0 Å². The van der Waals surface area contributed by atoms with E-state index in [2.05, 4.69) is 17.6 Å². The van der Waals surface area contributed by atoms with Gasteiger partial charge in [-0.3, -0.25) is 9.59 Å². The summed E-state index contributed by atoms with van der Waals surface area (Å²) in [4.78, 5) is 24.1. The molecule has 6 heteroatoms. The van der Waals surface area contributed by atoms with E-state index in [0.717, 1.165) is 18.5 Å². The van der Waals surface area contributed by atoms with Gasteiger partial charge in [0.25, 0.3) is 11.8 Å². The van der Waals surface area contributed by atoms with E-state index in [1.165, 1.54) is 0 Å². The van der Waals surface area contributed by atoms with E-state index < -0.39 is 0 Å². The van der Waals surface area contributed by atoms with Crippen LogP contribution >= 0.6 is 0 Å². The molecule has 0 fully saturated rings. The second-order valence-corrected chi connectivity index (χ2v) is 5.29. The van der Waals surface area contributed by atoms with Crippen molar-refractivity contribution in [3.8, 4) is 0 Å². The first-order valence-corrected chi connectivity index (χ1v) is 7.81. The molecular formula is C18H22ClN3O2. The Hall–Kier alpha value is -2.40. The molecule has 1 aromatic carbocycles. The Balaban J connectivity index is 0.00000288. The lowest BCUT2D eigenvalue weighted by Crippen LogP contribution is -3.00. The van der Waals surface area contributed by atoms with Crippen molar-refractivity contribution in [1.29, 1.82) is 0 Å². The first-order chi connectivity index (χ1) is 11.2. The molecule has 0 aliphatic rings. The SMILES string of the molecule is CCCCNC(=O)c1ccc[n+](CC(=O)Nc2ccccc2)c1.[Cl-]. The second-order valence-electron chi connectivity index (χ2n) is 5.29. The van der Waals surface area contributed by atoms with Crippen LogP contribution in [-0.2, 0) is 11.3 Å². The highest BCUT2D eigenvalue weighted by molar-refractivity contribution is 5.93. The third kappa shape index (κ3) is 6.38. The van der Waals surface area contributed by atoms with Gasteiger partial charge >= 0.3 is 0 Å². The first kappa shape index (κ1) is 19.6. The van der Waals surface area contributed by atoms with Crippen LogP contribution in [0.3, 0.4) is 0 Å². The van der Waals surface area contributed by atoms with E-state index >= 15 is 0 Å². The number of unbranched alkanes of at least 4 members (excludes halogenated alkanes) is 1. The zero-order valence-electron chi connectivity index (χ0n) is 13.7. The van der Waals surface area contributed by atoms with Gasteiger partial charge in [-0.25, -0.2) is 0 Å². The van der Waals surface area contributed by atoms with Gasteiger partial charge in [0.2, 0.25) is 6.54 Å². The van der Waals surface area contributed by atoms with Crippen molar-refractivity contribution < 1.29 is 26.6 Å². The molecule has 0 spiro atoms. The number of pyridine rings is 1. The normalized spacial score (nSPS) is 9.71. The maximum Gasteiger partial charge on any atom is 0.290 e. The van der Waals surface area contributed by atoms with Gasteiger partial charge in [-0.2, -0.15) is 4.57 Å². The van der Waals surface area contributed by atoms with E-state index in [0.29, 0.717) is 12.1 Å². The number of nitrogens with zero attached hydrogens (tertiary/aromatic N) is 1. The topological polar surface area (TPSA) is 62.1 Å². The number of rotatable bonds is 7.